The lowest BCUT2D eigenvalue weighted by molar-refractivity contribution is -0.113. The fourth-order valence-electron chi connectivity index (χ4n) is 2.48. The normalized spacial score (nSPS) is 10.7. The number of carbonyl (C=O) groups is 1. The molecule has 0 spiro atoms. The second-order valence-corrected chi connectivity index (χ2v) is 7.69. The zero-order valence-electron chi connectivity index (χ0n) is 15.2. The van der Waals surface area contributed by atoms with Crippen molar-refractivity contribution < 1.29 is 9.53 Å². The lowest BCUT2D eigenvalue weighted by atomic mass is 10.2. The van der Waals surface area contributed by atoms with Crippen LogP contribution in [0.4, 0.5) is 5.69 Å². The number of halogens is 1. The summed E-state index contributed by atoms with van der Waals surface area (Å²) in [6.45, 7) is 1.98. The molecule has 27 heavy (non-hydrogen) atoms. The van der Waals surface area contributed by atoms with Gasteiger partial charge in [-0.2, -0.15) is 0 Å². The molecule has 8 heteroatoms. The van der Waals surface area contributed by atoms with Gasteiger partial charge < -0.3 is 14.6 Å². The molecule has 1 heterocycles. The lowest BCUT2D eigenvalue weighted by Gasteiger charge is -2.07. The number of nitrogens with one attached hydrogen (secondary N) is 1. The van der Waals surface area contributed by atoms with Gasteiger partial charge in [0.05, 0.1) is 12.9 Å². The van der Waals surface area contributed by atoms with Crippen LogP contribution in [-0.4, -0.2) is 33.5 Å². The molecule has 0 unspecified atom stereocenters. The average molecular weight is 447 g/mol. The molecular weight excluding hydrogens is 428 g/mol. The van der Waals surface area contributed by atoms with Gasteiger partial charge in [-0.3, -0.25) is 4.79 Å². The van der Waals surface area contributed by atoms with Crippen LogP contribution < -0.4 is 10.1 Å². The summed E-state index contributed by atoms with van der Waals surface area (Å²) >= 11 is 4.80. The van der Waals surface area contributed by atoms with E-state index in [4.69, 9.17) is 4.74 Å². The molecule has 140 valence electrons. The van der Waals surface area contributed by atoms with Crippen LogP contribution in [0.5, 0.6) is 5.75 Å². The number of methoxy groups -OCH3 is 1. The highest BCUT2D eigenvalue weighted by Crippen LogP contribution is 2.25. The summed E-state index contributed by atoms with van der Waals surface area (Å²) in [5, 5.41) is 12.0. The molecular formula is C19H19BrN4O2S. The Morgan fingerprint density at radius 1 is 1.22 bits per heavy atom. The van der Waals surface area contributed by atoms with E-state index in [1.807, 2.05) is 61.0 Å². The fraction of sp³-hybridized carbons (Fsp3) is 0.211. The molecule has 6 nitrogen and oxygen atoms in total. The van der Waals surface area contributed by atoms with Crippen molar-refractivity contribution in [2.75, 3.05) is 18.2 Å². The Balaban J connectivity index is 1.63. The highest BCUT2D eigenvalue weighted by Gasteiger charge is 2.13. The number of aromatic nitrogens is 3. The Morgan fingerprint density at radius 3 is 2.63 bits per heavy atom. The highest BCUT2D eigenvalue weighted by atomic mass is 79.9. The lowest BCUT2D eigenvalue weighted by Crippen LogP contribution is -2.14. The van der Waals surface area contributed by atoms with E-state index in [9.17, 15) is 4.79 Å². The number of benzene rings is 2. The molecule has 1 amide bonds. The Labute approximate surface area is 170 Å². The third-order valence-electron chi connectivity index (χ3n) is 3.96. The number of ether oxygens (including phenoxy) is 1. The second-order valence-electron chi connectivity index (χ2n) is 5.89. The molecule has 3 aromatic rings. The van der Waals surface area contributed by atoms with E-state index in [0.29, 0.717) is 5.16 Å². The number of nitrogens with zero attached hydrogens (tertiary/aromatic N) is 3. The minimum absolute atomic E-state index is 0.0873. The Bertz CT molecular complexity index is 957. The molecule has 0 saturated carbocycles. The number of hydrogen-bond acceptors (Lipinski definition) is 5. The number of thioether (sulfide) groups is 1. The summed E-state index contributed by atoms with van der Waals surface area (Å²) in [6, 6.07) is 13.3. The van der Waals surface area contributed by atoms with Gasteiger partial charge in [0.25, 0.3) is 0 Å². The largest absolute Gasteiger partial charge is 0.497 e. The molecule has 1 aromatic heterocycles. The van der Waals surface area contributed by atoms with E-state index in [1.54, 1.807) is 7.11 Å². The topological polar surface area (TPSA) is 69.0 Å². The number of hydrogen-bond donors (Lipinski definition) is 1. The van der Waals surface area contributed by atoms with Crippen molar-refractivity contribution in [3.63, 3.8) is 0 Å². The van der Waals surface area contributed by atoms with E-state index in [2.05, 4.69) is 31.4 Å². The zero-order valence-corrected chi connectivity index (χ0v) is 17.6. The third kappa shape index (κ3) is 4.70. The maximum absolute atomic E-state index is 12.2. The van der Waals surface area contributed by atoms with Crippen LogP contribution in [0.2, 0.25) is 0 Å². The quantitative estimate of drug-likeness (QED) is 0.571. The first kappa shape index (κ1) is 19.4. The maximum atomic E-state index is 12.2. The van der Waals surface area contributed by atoms with Gasteiger partial charge in [-0.15, -0.1) is 10.2 Å². The average Bonchev–Trinajstić information content (AvgIpc) is 3.03. The van der Waals surface area contributed by atoms with E-state index in [1.165, 1.54) is 11.8 Å². The first-order valence-electron chi connectivity index (χ1n) is 8.20. The molecule has 0 radical (unpaired) electrons. The summed E-state index contributed by atoms with van der Waals surface area (Å²) in [6.07, 6.45) is 0. The van der Waals surface area contributed by atoms with Crippen LogP contribution in [0.15, 0.2) is 52.1 Å². The molecule has 0 atom stereocenters. The second kappa shape index (κ2) is 8.58. The van der Waals surface area contributed by atoms with Gasteiger partial charge in [0.15, 0.2) is 11.0 Å². The first-order valence-corrected chi connectivity index (χ1v) is 9.98. The van der Waals surface area contributed by atoms with Crippen molar-refractivity contribution in [3.05, 3.63) is 52.5 Å². The van der Waals surface area contributed by atoms with Crippen LogP contribution >= 0.6 is 27.7 Å². The summed E-state index contributed by atoms with van der Waals surface area (Å²) < 4.78 is 8.07. The SMILES string of the molecule is COc1ccc(-c2nnc(SCC(=O)Nc3ccc(Br)c(C)c3)n2C)cc1. The number of aryl methyl sites for hydroxylation is 1. The minimum atomic E-state index is -0.0873. The molecule has 0 aliphatic rings. The van der Waals surface area contributed by atoms with E-state index in [-0.39, 0.29) is 11.7 Å². The number of carbonyl (C=O) groups excluding carboxylic acids is 1. The predicted molar refractivity (Wildman–Crippen MR) is 111 cm³/mol. The zero-order chi connectivity index (χ0) is 19.4. The van der Waals surface area contributed by atoms with E-state index in [0.717, 1.165) is 32.9 Å². The van der Waals surface area contributed by atoms with Crippen LogP contribution in [0.3, 0.4) is 0 Å². The van der Waals surface area contributed by atoms with Crippen LogP contribution in [0.25, 0.3) is 11.4 Å². The van der Waals surface area contributed by atoms with Crippen molar-refractivity contribution in [1.29, 1.82) is 0 Å². The minimum Gasteiger partial charge on any atom is -0.497 e. The van der Waals surface area contributed by atoms with Crippen LogP contribution in [0.1, 0.15) is 5.56 Å². The highest BCUT2D eigenvalue weighted by molar-refractivity contribution is 9.10. The summed E-state index contributed by atoms with van der Waals surface area (Å²) in [7, 11) is 3.52. The predicted octanol–water partition coefficient (Wildman–Crippen LogP) is 4.29. The van der Waals surface area contributed by atoms with E-state index >= 15 is 0 Å². The van der Waals surface area contributed by atoms with Gasteiger partial charge in [-0.1, -0.05) is 27.7 Å². The van der Waals surface area contributed by atoms with Gasteiger partial charge in [0, 0.05) is 22.8 Å². The van der Waals surface area contributed by atoms with Gasteiger partial charge in [-0.25, -0.2) is 0 Å². The molecule has 1 N–H and O–H groups in total. The maximum Gasteiger partial charge on any atom is 0.234 e. The van der Waals surface area contributed by atoms with Gasteiger partial charge >= 0.3 is 0 Å². The Kier molecular flexibility index (Phi) is 6.18. The molecule has 0 fully saturated rings. The smallest absolute Gasteiger partial charge is 0.234 e. The van der Waals surface area contributed by atoms with Crippen molar-refractivity contribution in [2.45, 2.75) is 12.1 Å². The number of rotatable bonds is 6. The summed E-state index contributed by atoms with van der Waals surface area (Å²) in [5.41, 5.74) is 2.78. The molecule has 0 bridgehead atoms. The first-order chi connectivity index (χ1) is 13.0. The number of anilines is 1. The summed E-state index contributed by atoms with van der Waals surface area (Å²) in [4.78, 5) is 12.2. The standard InChI is InChI=1S/C19H19BrN4O2S/c1-12-10-14(6-9-16(12)20)21-17(25)11-27-19-23-22-18(24(19)2)13-4-7-15(26-3)8-5-13/h4-10H,11H2,1-3H3,(H,21,25). The van der Waals surface area contributed by atoms with Crippen molar-refractivity contribution in [1.82, 2.24) is 14.8 Å². The third-order valence-corrected chi connectivity index (χ3v) is 5.87. The molecule has 0 aliphatic carbocycles. The number of amides is 1. The van der Waals surface area contributed by atoms with Crippen molar-refractivity contribution in [2.24, 2.45) is 7.05 Å². The summed E-state index contributed by atoms with van der Waals surface area (Å²) in [5.74, 6) is 1.69. The molecule has 2 aromatic carbocycles. The van der Waals surface area contributed by atoms with Crippen LogP contribution in [-0.2, 0) is 11.8 Å². The van der Waals surface area contributed by atoms with E-state index < -0.39 is 0 Å². The van der Waals surface area contributed by atoms with Crippen molar-refractivity contribution in [3.8, 4) is 17.1 Å². The van der Waals surface area contributed by atoms with Gasteiger partial charge in [0.2, 0.25) is 5.91 Å². The van der Waals surface area contributed by atoms with Crippen LogP contribution in [0, 0.1) is 6.92 Å². The van der Waals surface area contributed by atoms with Gasteiger partial charge in [-0.05, 0) is 55.0 Å². The molecule has 3 rings (SSSR count). The van der Waals surface area contributed by atoms with Crippen molar-refractivity contribution >= 4 is 39.3 Å². The monoisotopic (exact) mass is 446 g/mol. The molecule has 0 aliphatic heterocycles. The Hall–Kier alpha value is -2.32. The Morgan fingerprint density at radius 2 is 1.96 bits per heavy atom. The molecule has 0 saturated heterocycles. The van der Waals surface area contributed by atoms with Gasteiger partial charge in [0.1, 0.15) is 5.75 Å². The fourth-order valence-corrected chi connectivity index (χ4v) is 3.44.